The highest BCUT2D eigenvalue weighted by molar-refractivity contribution is 7.15. The standard InChI is InChI=1S/C15H17N3O2S/c1-9-4-5-12(6-10(9)2)14(20)16-8-13(19)18-15-17-7-11(3)21-15/h4-7H,8H2,1-3H3,(H,16,20)(H,17,18,19). The summed E-state index contributed by atoms with van der Waals surface area (Å²) in [6, 6.07) is 5.45. The van der Waals surface area contributed by atoms with Crippen molar-refractivity contribution in [2.45, 2.75) is 20.8 Å². The van der Waals surface area contributed by atoms with Crippen LogP contribution in [0.1, 0.15) is 26.4 Å². The third kappa shape index (κ3) is 4.13. The highest BCUT2D eigenvalue weighted by Crippen LogP contribution is 2.16. The van der Waals surface area contributed by atoms with Crippen LogP contribution in [0.3, 0.4) is 0 Å². The van der Waals surface area contributed by atoms with Crippen molar-refractivity contribution in [2.24, 2.45) is 0 Å². The molecule has 21 heavy (non-hydrogen) atoms. The van der Waals surface area contributed by atoms with Crippen LogP contribution in [0.25, 0.3) is 0 Å². The van der Waals surface area contributed by atoms with E-state index in [9.17, 15) is 9.59 Å². The third-order valence-electron chi connectivity index (χ3n) is 3.05. The molecule has 0 spiro atoms. The lowest BCUT2D eigenvalue weighted by atomic mass is 10.1. The minimum absolute atomic E-state index is 0.0790. The number of carbonyl (C=O) groups excluding carboxylic acids is 2. The van der Waals surface area contributed by atoms with Gasteiger partial charge in [-0.3, -0.25) is 9.59 Å². The zero-order valence-electron chi connectivity index (χ0n) is 12.2. The molecule has 0 aliphatic heterocycles. The number of nitrogens with zero attached hydrogens (tertiary/aromatic N) is 1. The molecule has 2 amide bonds. The molecule has 0 aliphatic carbocycles. The third-order valence-corrected chi connectivity index (χ3v) is 3.87. The Balaban J connectivity index is 1.88. The Morgan fingerprint density at radius 2 is 1.95 bits per heavy atom. The Hall–Kier alpha value is -2.21. The van der Waals surface area contributed by atoms with Gasteiger partial charge in [-0.1, -0.05) is 6.07 Å². The molecule has 0 bridgehead atoms. The molecular weight excluding hydrogens is 286 g/mol. The average molecular weight is 303 g/mol. The van der Waals surface area contributed by atoms with Crippen LogP contribution >= 0.6 is 11.3 Å². The summed E-state index contributed by atoms with van der Waals surface area (Å²) in [6.07, 6.45) is 1.69. The lowest BCUT2D eigenvalue weighted by Gasteiger charge is -2.07. The van der Waals surface area contributed by atoms with Crippen LogP contribution < -0.4 is 10.6 Å². The zero-order valence-corrected chi connectivity index (χ0v) is 13.0. The summed E-state index contributed by atoms with van der Waals surface area (Å²) in [4.78, 5) is 28.7. The summed E-state index contributed by atoms with van der Waals surface area (Å²) in [5.74, 6) is -0.551. The van der Waals surface area contributed by atoms with Crippen LogP contribution in [-0.2, 0) is 4.79 Å². The molecule has 0 saturated heterocycles. The molecule has 110 valence electrons. The molecule has 1 heterocycles. The van der Waals surface area contributed by atoms with E-state index in [2.05, 4.69) is 15.6 Å². The van der Waals surface area contributed by atoms with Gasteiger partial charge in [-0.05, 0) is 44.0 Å². The van der Waals surface area contributed by atoms with E-state index >= 15 is 0 Å². The average Bonchev–Trinajstić information content (AvgIpc) is 2.84. The number of aromatic nitrogens is 1. The molecule has 2 N–H and O–H groups in total. The normalized spacial score (nSPS) is 10.2. The number of hydrogen-bond donors (Lipinski definition) is 2. The maximum Gasteiger partial charge on any atom is 0.251 e. The van der Waals surface area contributed by atoms with Crippen LogP contribution in [0.15, 0.2) is 24.4 Å². The van der Waals surface area contributed by atoms with Gasteiger partial charge in [-0.25, -0.2) is 4.98 Å². The highest BCUT2D eigenvalue weighted by Gasteiger charge is 2.10. The van der Waals surface area contributed by atoms with Crippen molar-refractivity contribution in [3.63, 3.8) is 0 Å². The maximum atomic E-state index is 12.0. The summed E-state index contributed by atoms with van der Waals surface area (Å²) in [5.41, 5.74) is 2.73. The maximum absolute atomic E-state index is 12.0. The second kappa shape index (κ2) is 6.49. The van der Waals surface area contributed by atoms with Gasteiger partial charge in [0.05, 0.1) is 6.54 Å². The fraction of sp³-hybridized carbons (Fsp3) is 0.267. The number of rotatable bonds is 4. The van der Waals surface area contributed by atoms with Gasteiger partial charge < -0.3 is 10.6 Å². The van der Waals surface area contributed by atoms with Gasteiger partial charge in [0.25, 0.3) is 5.91 Å². The van der Waals surface area contributed by atoms with Crippen LogP contribution in [0.4, 0.5) is 5.13 Å². The van der Waals surface area contributed by atoms with E-state index in [4.69, 9.17) is 0 Å². The molecule has 0 saturated carbocycles. The molecule has 0 fully saturated rings. The van der Waals surface area contributed by atoms with Crippen LogP contribution in [0, 0.1) is 20.8 Å². The van der Waals surface area contributed by atoms with E-state index in [0.717, 1.165) is 16.0 Å². The molecule has 0 unspecified atom stereocenters. The number of anilines is 1. The van der Waals surface area contributed by atoms with Crippen molar-refractivity contribution >= 4 is 28.3 Å². The van der Waals surface area contributed by atoms with Gasteiger partial charge in [0.15, 0.2) is 5.13 Å². The van der Waals surface area contributed by atoms with Crippen molar-refractivity contribution in [1.29, 1.82) is 0 Å². The molecule has 6 heteroatoms. The summed E-state index contributed by atoms with van der Waals surface area (Å²) >= 11 is 1.39. The second-order valence-corrected chi connectivity index (χ2v) is 6.04. The first kappa shape index (κ1) is 15.2. The Labute approximate surface area is 127 Å². The van der Waals surface area contributed by atoms with E-state index in [1.807, 2.05) is 32.9 Å². The van der Waals surface area contributed by atoms with Crippen molar-refractivity contribution in [1.82, 2.24) is 10.3 Å². The smallest absolute Gasteiger partial charge is 0.251 e. The van der Waals surface area contributed by atoms with E-state index in [1.165, 1.54) is 11.3 Å². The molecule has 1 aromatic carbocycles. The van der Waals surface area contributed by atoms with Crippen LogP contribution in [0.5, 0.6) is 0 Å². The minimum Gasteiger partial charge on any atom is -0.343 e. The molecule has 0 radical (unpaired) electrons. The first-order valence-electron chi connectivity index (χ1n) is 6.53. The predicted octanol–water partition coefficient (Wildman–Crippen LogP) is 2.44. The molecule has 2 rings (SSSR count). The quantitative estimate of drug-likeness (QED) is 0.911. The number of nitrogens with one attached hydrogen (secondary N) is 2. The number of carbonyl (C=O) groups is 2. The summed E-state index contributed by atoms with van der Waals surface area (Å²) < 4.78 is 0. The van der Waals surface area contributed by atoms with Gasteiger partial charge in [-0.15, -0.1) is 11.3 Å². The lowest BCUT2D eigenvalue weighted by Crippen LogP contribution is -2.32. The SMILES string of the molecule is Cc1cnc(NC(=O)CNC(=O)c2ccc(C)c(C)c2)s1. The number of hydrogen-bond acceptors (Lipinski definition) is 4. The fourth-order valence-corrected chi connectivity index (χ4v) is 2.40. The number of thiazole rings is 1. The van der Waals surface area contributed by atoms with Crippen LogP contribution in [-0.4, -0.2) is 23.3 Å². The zero-order chi connectivity index (χ0) is 15.4. The predicted molar refractivity (Wildman–Crippen MR) is 83.7 cm³/mol. The van der Waals surface area contributed by atoms with Crippen molar-refractivity contribution < 1.29 is 9.59 Å². The Kier molecular flexibility index (Phi) is 4.70. The van der Waals surface area contributed by atoms with E-state index < -0.39 is 0 Å². The second-order valence-electron chi connectivity index (χ2n) is 4.81. The molecule has 0 aliphatic rings. The Bertz CT molecular complexity index is 679. The first-order chi connectivity index (χ1) is 9.95. The molecule has 0 atom stereocenters. The van der Waals surface area contributed by atoms with Crippen molar-refractivity contribution in [3.05, 3.63) is 46.0 Å². The van der Waals surface area contributed by atoms with Gasteiger partial charge in [0.1, 0.15) is 0 Å². The molecule has 1 aromatic heterocycles. The van der Waals surface area contributed by atoms with E-state index in [0.29, 0.717) is 10.7 Å². The van der Waals surface area contributed by atoms with Gasteiger partial charge >= 0.3 is 0 Å². The number of aryl methyl sites for hydroxylation is 3. The molecular formula is C15H17N3O2S. The van der Waals surface area contributed by atoms with Gasteiger partial charge in [0, 0.05) is 16.6 Å². The fourth-order valence-electron chi connectivity index (χ4n) is 1.72. The molecule has 2 aromatic rings. The summed E-state index contributed by atoms with van der Waals surface area (Å²) in [6.45, 7) is 5.77. The largest absolute Gasteiger partial charge is 0.343 e. The highest BCUT2D eigenvalue weighted by atomic mass is 32.1. The number of amides is 2. The van der Waals surface area contributed by atoms with Crippen LogP contribution in [0.2, 0.25) is 0 Å². The first-order valence-corrected chi connectivity index (χ1v) is 7.35. The topological polar surface area (TPSA) is 71.1 Å². The van der Waals surface area contributed by atoms with E-state index in [-0.39, 0.29) is 18.4 Å². The van der Waals surface area contributed by atoms with Crippen molar-refractivity contribution in [2.75, 3.05) is 11.9 Å². The van der Waals surface area contributed by atoms with E-state index in [1.54, 1.807) is 12.3 Å². The number of benzene rings is 1. The summed E-state index contributed by atoms with van der Waals surface area (Å²) in [5, 5.41) is 5.78. The minimum atomic E-state index is -0.290. The lowest BCUT2D eigenvalue weighted by molar-refractivity contribution is -0.115. The monoisotopic (exact) mass is 303 g/mol. The van der Waals surface area contributed by atoms with Crippen molar-refractivity contribution in [3.8, 4) is 0 Å². The Morgan fingerprint density at radius 3 is 2.57 bits per heavy atom. The summed E-state index contributed by atoms with van der Waals surface area (Å²) in [7, 11) is 0. The van der Waals surface area contributed by atoms with Gasteiger partial charge in [0.2, 0.25) is 5.91 Å². The Morgan fingerprint density at radius 1 is 1.19 bits per heavy atom. The molecule has 5 nitrogen and oxygen atoms in total. The van der Waals surface area contributed by atoms with Gasteiger partial charge in [-0.2, -0.15) is 0 Å².